The average molecular weight is 381 g/mol. The van der Waals surface area contributed by atoms with Crippen LogP contribution in [0.3, 0.4) is 0 Å². The Morgan fingerprint density at radius 1 is 1.12 bits per heavy atom. The molecule has 1 amide bonds. The van der Waals surface area contributed by atoms with Gasteiger partial charge in [-0.2, -0.15) is 0 Å². The maximum Gasteiger partial charge on any atom is 0.241 e. The van der Waals surface area contributed by atoms with Gasteiger partial charge in [-0.05, 0) is 35.7 Å². The Hall–Kier alpha value is -2.05. The third-order valence-electron chi connectivity index (χ3n) is 3.75. The van der Waals surface area contributed by atoms with Crippen molar-refractivity contribution in [1.82, 2.24) is 5.32 Å². The molecule has 7 heteroatoms. The zero-order chi connectivity index (χ0) is 18.4. The molecular weight excluding hydrogens is 360 g/mol. The van der Waals surface area contributed by atoms with Crippen LogP contribution >= 0.6 is 11.6 Å². The van der Waals surface area contributed by atoms with Crippen molar-refractivity contribution in [1.29, 1.82) is 0 Å². The Bertz CT molecular complexity index is 836. The van der Waals surface area contributed by atoms with Gasteiger partial charge in [-0.1, -0.05) is 48.9 Å². The first-order chi connectivity index (χ1) is 11.8. The topological polar surface area (TPSA) is 66.5 Å². The largest absolute Gasteiger partial charge is 0.350 e. The quantitative estimate of drug-likeness (QED) is 0.803. The molecule has 0 unspecified atom stereocenters. The number of carbonyl (C=O) groups is 1. The lowest BCUT2D eigenvalue weighted by Gasteiger charge is -2.22. The van der Waals surface area contributed by atoms with Crippen molar-refractivity contribution < 1.29 is 13.2 Å². The summed E-state index contributed by atoms with van der Waals surface area (Å²) in [6, 6.07) is 14.3. The minimum atomic E-state index is -3.58. The molecule has 134 valence electrons. The minimum absolute atomic E-state index is 0.241. The lowest BCUT2D eigenvalue weighted by molar-refractivity contribution is -0.119. The molecule has 0 aliphatic rings. The van der Waals surface area contributed by atoms with Gasteiger partial charge in [-0.25, -0.2) is 8.42 Å². The molecule has 2 aromatic carbocycles. The van der Waals surface area contributed by atoms with Gasteiger partial charge >= 0.3 is 0 Å². The van der Waals surface area contributed by atoms with Gasteiger partial charge < -0.3 is 5.32 Å². The van der Waals surface area contributed by atoms with Gasteiger partial charge in [0.05, 0.1) is 11.9 Å². The molecule has 25 heavy (non-hydrogen) atoms. The van der Waals surface area contributed by atoms with Crippen molar-refractivity contribution in [2.45, 2.75) is 19.9 Å². The van der Waals surface area contributed by atoms with Gasteiger partial charge in [0.2, 0.25) is 15.9 Å². The van der Waals surface area contributed by atoms with Crippen molar-refractivity contribution in [2.75, 3.05) is 17.1 Å². The molecule has 0 aromatic heterocycles. The van der Waals surface area contributed by atoms with Gasteiger partial charge in [-0.3, -0.25) is 9.10 Å². The van der Waals surface area contributed by atoms with Crippen molar-refractivity contribution in [3.63, 3.8) is 0 Å². The molecule has 0 heterocycles. The summed E-state index contributed by atoms with van der Waals surface area (Å²) < 4.78 is 25.2. The predicted molar refractivity (Wildman–Crippen MR) is 101 cm³/mol. The molecule has 0 bridgehead atoms. The number of rotatable bonds is 7. The molecule has 0 saturated heterocycles. The number of carbonyl (C=O) groups excluding carboxylic acids is 1. The van der Waals surface area contributed by atoms with E-state index in [-0.39, 0.29) is 13.1 Å². The summed E-state index contributed by atoms with van der Waals surface area (Å²) in [5.74, 6) is -0.398. The molecule has 2 aromatic rings. The van der Waals surface area contributed by atoms with E-state index in [0.717, 1.165) is 28.1 Å². The molecule has 0 radical (unpaired) electrons. The van der Waals surface area contributed by atoms with Crippen LogP contribution in [-0.4, -0.2) is 27.1 Å². The van der Waals surface area contributed by atoms with E-state index in [0.29, 0.717) is 10.7 Å². The van der Waals surface area contributed by atoms with E-state index in [9.17, 15) is 13.2 Å². The Morgan fingerprint density at radius 3 is 2.32 bits per heavy atom. The van der Waals surface area contributed by atoms with E-state index >= 15 is 0 Å². The van der Waals surface area contributed by atoms with Crippen molar-refractivity contribution in [3.05, 3.63) is 64.7 Å². The maximum atomic E-state index is 12.2. The number of hydrogen-bond donors (Lipinski definition) is 1. The van der Waals surface area contributed by atoms with Crippen LogP contribution in [0, 0.1) is 0 Å². The summed E-state index contributed by atoms with van der Waals surface area (Å²) in [7, 11) is -3.58. The Balaban J connectivity index is 2.09. The van der Waals surface area contributed by atoms with Crippen LogP contribution in [0.15, 0.2) is 48.5 Å². The standard InChI is InChI=1S/C18H21ClN2O3S/c1-3-14-8-10-16(11-9-14)21(25(2,23)24)13-18(22)20-12-15-6-4-5-7-17(15)19/h4-11H,3,12-13H2,1-2H3,(H,20,22). The molecular formula is C18H21ClN2O3S. The van der Waals surface area contributed by atoms with Crippen molar-refractivity contribution in [2.24, 2.45) is 0 Å². The van der Waals surface area contributed by atoms with E-state index in [2.05, 4.69) is 5.32 Å². The minimum Gasteiger partial charge on any atom is -0.350 e. The van der Waals surface area contributed by atoms with Crippen LogP contribution in [0.4, 0.5) is 5.69 Å². The molecule has 0 saturated carbocycles. The molecule has 0 aliphatic carbocycles. The summed E-state index contributed by atoms with van der Waals surface area (Å²) in [6.07, 6.45) is 1.94. The van der Waals surface area contributed by atoms with Crippen LogP contribution in [0.5, 0.6) is 0 Å². The highest BCUT2D eigenvalue weighted by Gasteiger charge is 2.20. The SMILES string of the molecule is CCc1ccc(N(CC(=O)NCc2ccccc2Cl)S(C)(=O)=O)cc1. The fraction of sp³-hybridized carbons (Fsp3) is 0.278. The van der Waals surface area contributed by atoms with Gasteiger partial charge in [0.25, 0.3) is 0 Å². The van der Waals surface area contributed by atoms with Gasteiger partial charge in [0, 0.05) is 11.6 Å². The highest BCUT2D eigenvalue weighted by molar-refractivity contribution is 7.92. The summed E-state index contributed by atoms with van der Waals surface area (Å²) >= 11 is 6.05. The van der Waals surface area contributed by atoms with Gasteiger partial charge in [-0.15, -0.1) is 0 Å². The fourth-order valence-corrected chi connectivity index (χ4v) is 3.38. The maximum absolute atomic E-state index is 12.2. The van der Waals surface area contributed by atoms with Crippen molar-refractivity contribution in [3.8, 4) is 0 Å². The zero-order valence-corrected chi connectivity index (χ0v) is 15.8. The average Bonchev–Trinajstić information content (AvgIpc) is 2.58. The molecule has 0 spiro atoms. The summed E-state index contributed by atoms with van der Waals surface area (Å²) in [5.41, 5.74) is 2.34. The number of benzene rings is 2. The van der Waals surface area contributed by atoms with E-state index in [4.69, 9.17) is 11.6 Å². The van der Waals surface area contributed by atoms with Crippen LogP contribution in [0.2, 0.25) is 5.02 Å². The number of halogens is 1. The van der Waals surface area contributed by atoms with E-state index in [1.807, 2.05) is 25.1 Å². The summed E-state index contributed by atoms with van der Waals surface area (Å²) in [6.45, 7) is 1.98. The third-order valence-corrected chi connectivity index (χ3v) is 5.26. The van der Waals surface area contributed by atoms with E-state index < -0.39 is 15.9 Å². The van der Waals surface area contributed by atoms with Crippen LogP contribution in [-0.2, 0) is 27.8 Å². The first kappa shape index (κ1) is 19.3. The number of amides is 1. The van der Waals surface area contributed by atoms with E-state index in [1.165, 1.54) is 0 Å². The van der Waals surface area contributed by atoms with Crippen LogP contribution in [0.25, 0.3) is 0 Å². The monoisotopic (exact) mass is 380 g/mol. The smallest absolute Gasteiger partial charge is 0.241 e. The second-order valence-electron chi connectivity index (χ2n) is 5.66. The Labute approximate surface area is 153 Å². The normalized spacial score (nSPS) is 11.2. The molecule has 1 N–H and O–H groups in total. The number of aryl methyl sites for hydroxylation is 1. The Morgan fingerprint density at radius 2 is 1.76 bits per heavy atom. The van der Waals surface area contributed by atoms with Gasteiger partial charge in [0.1, 0.15) is 6.54 Å². The number of nitrogens with one attached hydrogen (secondary N) is 1. The third kappa shape index (κ3) is 5.47. The van der Waals surface area contributed by atoms with Crippen LogP contribution in [0.1, 0.15) is 18.1 Å². The number of anilines is 1. The molecule has 0 aliphatic heterocycles. The second kappa shape index (κ2) is 8.36. The highest BCUT2D eigenvalue weighted by atomic mass is 35.5. The zero-order valence-electron chi connectivity index (χ0n) is 14.2. The molecule has 0 fully saturated rings. The van der Waals surface area contributed by atoms with Crippen LogP contribution < -0.4 is 9.62 Å². The second-order valence-corrected chi connectivity index (χ2v) is 7.97. The number of hydrogen-bond acceptors (Lipinski definition) is 3. The first-order valence-corrected chi connectivity index (χ1v) is 10.1. The van der Waals surface area contributed by atoms with E-state index in [1.54, 1.807) is 30.3 Å². The van der Waals surface area contributed by atoms with Gasteiger partial charge in [0.15, 0.2) is 0 Å². The number of sulfonamides is 1. The fourth-order valence-electron chi connectivity index (χ4n) is 2.32. The lowest BCUT2D eigenvalue weighted by atomic mass is 10.1. The predicted octanol–water partition coefficient (Wildman–Crippen LogP) is 2.98. The summed E-state index contributed by atoms with van der Waals surface area (Å²) in [4.78, 5) is 12.2. The number of nitrogens with zero attached hydrogens (tertiary/aromatic N) is 1. The molecule has 2 rings (SSSR count). The molecule has 5 nitrogen and oxygen atoms in total. The highest BCUT2D eigenvalue weighted by Crippen LogP contribution is 2.19. The van der Waals surface area contributed by atoms with Crippen molar-refractivity contribution >= 4 is 33.2 Å². The molecule has 0 atom stereocenters. The lowest BCUT2D eigenvalue weighted by Crippen LogP contribution is -2.40. The Kier molecular flexibility index (Phi) is 6.45. The first-order valence-electron chi connectivity index (χ1n) is 7.88. The summed E-state index contributed by atoms with van der Waals surface area (Å²) in [5, 5.41) is 3.26.